The molecule has 8 heteroatoms. The number of rotatable bonds is 3. The maximum absolute atomic E-state index is 11.9. The van der Waals surface area contributed by atoms with Gasteiger partial charge in [-0.25, -0.2) is 13.4 Å². The number of nitrogens with one attached hydrogen (secondary N) is 1. The van der Waals surface area contributed by atoms with Gasteiger partial charge in [-0.05, 0) is 12.1 Å². The van der Waals surface area contributed by atoms with E-state index in [-0.39, 0.29) is 14.9 Å². The Morgan fingerprint density at radius 3 is 2.06 bits per heavy atom. The lowest BCUT2D eigenvalue weighted by Gasteiger charge is -2.14. The summed E-state index contributed by atoms with van der Waals surface area (Å²) in [5, 5.41) is 1.42. The summed E-state index contributed by atoms with van der Waals surface area (Å²) < 4.78 is 24.3. The van der Waals surface area contributed by atoms with Crippen molar-refractivity contribution < 1.29 is 8.42 Å². The Balaban J connectivity index is 3.34. The van der Waals surface area contributed by atoms with Crippen molar-refractivity contribution in [2.75, 3.05) is 14.1 Å². The number of halogens is 3. The molecule has 0 saturated heterocycles. The fourth-order valence-electron chi connectivity index (χ4n) is 1.07. The largest absolute Gasteiger partial charge is 0.256 e. The van der Waals surface area contributed by atoms with Crippen LogP contribution < -0.4 is 4.83 Å². The summed E-state index contributed by atoms with van der Waals surface area (Å²) in [5.41, 5.74) is 0. The summed E-state index contributed by atoms with van der Waals surface area (Å²) in [4.78, 5) is 2.13. The molecule has 0 unspecified atom stereocenters. The highest BCUT2D eigenvalue weighted by Gasteiger charge is 2.22. The number of hydrogen-bond donors (Lipinski definition) is 1. The molecular formula is C8H9BrCl2N2O2S. The Hall–Kier alpha value is 0.150. The Morgan fingerprint density at radius 2 is 1.69 bits per heavy atom. The second-order valence-corrected chi connectivity index (χ2v) is 6.52. The molecule has 1 N–H and O–H groups in total. The molecule has 1 aromatic carbocycles. The Labute approximate surface area is 113 Å². The van der Waals surface area contributed by atoms with E-state index in [0.29, 0.717) is 4.47 Å². The minimum absolute atomic E-state index is 0.0636. The van der Waals surface area contributed by atoms with Crippen molar-refractivity contribution in [1.29, 1.82) is 0 Å². The summed E-state index contributed by atoms with van der Waals surface area (Å²) in [6.07, 6.45) is 0. The lowest BCUT2D eigenvalue weighted by molar-refractivity contribution is 0.364. The molecule has 0 amide bonds. The second kappa shape index (κ2) is 5.20. The summed E-state index contributed by atoms with van der Waals surface area (Å²) in [6.45, 7) is 0. The maximum atomic E-state index is 11.9. The SMILES string of the molecule is CN(C)NS(=O)(=O)c1c(Cl)cc(Br)cc1Cl. The van der Waals surface area contributed by atoms with Crippen LogP contribution >= 0.6 is 39.1 Å². The highest BCUT2D eigenvalue weighted by atomic mass is 79.9. The molecule has 90 valence electrons. The van der Waals surface area contributed by atoms with E-state index >= 15 is 0 Å². The van der Waals surface area contributed by atoms with Crippen LogP contribution in [0.15, 0.2) is 21.5 Å². The molecule has 1 aromatic rings. The highest BCUT2D eigenvalue weighted by Crippen LogP contribution is 2.32. The summed E-state index contributed by atoms with van der Waals surface area (Å²) >= 11 is 14.9. The smallest absolute Gasteiger partial charge is 0.237 e. The molecule has 0 saturated carbocycles. The van der Waals surface area contributed by atoms with Gasteiger partial charge in [0, 0.05) is 18.6 Å². The van der Waals surface area contributed by atoms with E-state index in [1.165, 1.54) is 17.1 Å². The number of hydrazine groups is 1. The van der Waals surface area contributed by atoms with Gasteiger partial charge in [-0.2, -0.15) is 0 Å². The van der Waals surface area contributed by atoms with Crippen LogP contribution in [0.1, 0.15) is 0 Å². The molecule has 0 aliphatic rings. The summed E-state index contributed by atoms with van der Waals surface area (Å²) in [7, 11) is -0.639. The van der Waals surface area contributed by atoms with Crippen LogP contribution in [0.3, 0.4) is 0 Å². The highest BCUT2D eigenvalue weighted by molar-refractivity contribution is 9.10. The lowest BCUT2D eigenvalue weighted by Crippen LogP contribution is -2.36. The van der Waals surface area contributed by atoms with E-state index in [1.54, 1.807) is 14.1 Å². The Bertz CT molecular complexity index is 482. The molecule has 0 aliphatic carbocycles. The zero-order chi connectivity index (χ0) is 12.5. The van der Waals surface area contributed by atoms with Crippen molar-refractivity contribution in [3.05, 3.63) is 26.7 Å². The van der Waals surface area contributed by atoms with Crippen LogP contribution in [0.5, 0.6) is 0 Å². The maximum Gasteiger partial charge on any atom is 0.256 e. The van der Waals surface area contributed by atoms with E-state index in [9.17, 15) is 8.42 Å². The predicted molar refractivity (Wildman–Crippen MR) is 68.2 cm³/mol. The third-order valence-corrected chi connectivity index (χ3v) is 4.40. The second-order valence-electron chi connectivity index (χ2n) is 3.19. The van der Waals surface area contributed by atoms with Crippen molar-refractivity contribution in [1.82, 2.24) is 9.84 Å². The molecule has 0 fully saturated rings. The van der Waals surface area contributed by atoms with Gasteiger partial charge < -0.3 is 0 Å². The van der Waals surface area contributed by atoms with Gasteiger partial charge in [0.25, 0.3) is 10.0 Å². The van der Waals surface area contributed by atoms with E-state index < -0.39 is 10.0 Å². The molecule has 0 atom stereocenters. The number of benzene rings is 1. The fraction of sp³-hybridized carbons (Fsp3) is 0.250. The first-order valence-electron chi connectivity index (χ1n) is 4.08. The van der Waals surface area contributed by atoms with Gasteiger partial charge in [-0.1, -0.05) is 39.1 Å². The molecule has 0 radical (unpaired) electrons. The average molecular weight is 348 g/mol. The quantitative estimate of drug-likeness (QED) is 0.855. The third-order valence-electron chi connectivity index (χ3n) is 1.53. The van der Waals surface area contributed by atoms with Crippen LogP contribution in [-0.4, -0.2) is 27.5 Å². The van der Waals surface area contributed by atoms with E-state index in [0.717, 1.165) is 0 Å². The topological polar surface area (TPSA) is 49.4 Å². The monoisotopic (exact) mass is 346 g/mol. The van der Waals surface area contributed by atoms with Crippen molar-refractivity contribution in [3.8, 4) is 0 Å². The van der Waals surface area contributed by atoms with Crippen molar-refractivity contribution in [2.24, 2.45) is 0 Å². The van der Waals surface area contributed by atoms with Gasteiger partial charge in [-0.15, -0.1) is 4.83 Å². The first kappa shape index (κ1) is 14.2. The molecule has 0 aromatic heterocycles. The first-order valence-corrected chi connectivity index (χ1v) is 7.11. The molecule has 4 nitrogen and oxygen atoms in total. The Morgan fingerprint density at radius 1 is 1.25 bits per heavy atom. The number of sulfonamides is 1. The Kier molecular flexibility index (Phi) is 4.62. The van der Waals surface area contributed by atoms with Crippen LogP contribution in [0, 0.1) is 0 Å². The molecule has 0 aliphatic heterocycles. The zero-order valence-electron chi connectivity index (χ0n) is 8.46. The first-order chi connectivity index (χ1) is 7.24. The van der Waals surface area contributed by atoms with Crippen molar-refractivity contribution in [3.63, 3.8) is 0 Å². The molecule has 16 heavy (non-hydrogen) atoms. The summed E-state index contributed by atoms with van der Waals surface area (Å²) in [6, 6.07) is 2.94. The van der Waals surface area contributed by atoms with Gasteiger partial charge >= 0.3 is 0 Å². The molecule has 0 spiro atoms. The van der Waals surface area contributed by atoms with Crippen LogP contribution in [0.2, 0.25) is 10.0 Å². The standard InChI is InChI=1S/C8H9BrCl2N2O2S/c1-13(2)12-16(14,15)8-6(10)3-5(9)4-7(8)11/h3-4,12H,1-2H3. The van der Waals surface area contributed by atoms with Crippen molar-refractivity contribution in [2.45, 2.75) is 4.90 Å². The van der Waals surface area contributed by atoms with Gasteiger partial charge in [-0.3, -0.25) is 0 Å². The fourth-order valence-corrected chi connectivity index (χ4v) is 4.09. The van der Waals surface area contributed by atoms with E-state index in [4.69, 9.17) is 23.2 Å². The van der Waals surface area contributed by atoms with Gasteiger partial charge in [0.2, 0.25) is 0 Å². The van der Waals surface area contributed by atoms with Gasteiger partial charge in [0.1, 0.15) is 4.90 Å². The molecule has 1 rings (SSSR count). The molecule has 0 bridgehead atoms. The van der Waals surface area contributed by atoms with Crippen molar-refractivity contribution >= 4 is 49.2 Å². The van der Waals surface area contributed by atoms with E-state index in [1.807, 2.05) is 0 Å². The van der Waals surface area contributed by atoms with Gasteiger partial charge in [0.05, 0.1) is 10.0 Å². The predicted octanol–water partition coefficient (Wildman–Crippen LogP) is 2.51. The van der Waals surface area contributed by atoms with Crippen LogP contribution in [-0.2, 0) is 10.0 Å². The zero-order valence-corrected chi connectivity index (χ0v) is 12.4. The normalized spacial score (nSPS) is 12.1. The minimum atomic E-state index is -3.75. The van der Waals surface area contributed by atoms with Crippen LogP contribution in [0.25, 0.3) is 0 Å². The average Bonchev–Trinajstić information content (AvgIpc) is 1.96. The summed E-state index contributed by atoms with van der Waals surface area (Å²) in [5.74, 6) is 0. The molecular weight excluding hydrogens is 339 g/mol. The number of hydrogen-bond acceptors (Lipinski definition) is 3. The molecule has 0 heterocycles. The lowest BCUT2D eigenvalue weighted by atomic mass is 10.4. The van der Waals surface area contributed by atoms with E-state index in [2.05, 4.69) is 20.8 Å². The van der Waals surface area contributed by atoms with Crippen LogP contribution in [0.4, 0.5) is 0 Å². The number of nitrogens with zero attached hydrogens (tertiary/aromatic N) is 1. The van der Waals surface area contributed by atoms with Gasteiger partial charge in [0.15, 0.2) is 0 Å². The minimum Gasteiger partial charge on any atom is -0.237 e. The third kappa shape index (κ3) is 3.32.